The molecule has 1 aliphatic rings. The monoisotopic (exact) mass is 346 g/mol. The molecule has 0 saturated carbocycles. The van der Waals surface area contributed by atoms with E-state index in [9.17, 15) is 26.7 Å². The van der Waals surface area contributed by atoms with Gasteiger partial charge in [-0.25, -0.2) is 8.78 Å². The van der Waals surface area contributed by atoms with E-state index in [-0.39, 0.29) is 6.54 Å². The van der Waals surface area contributed by atoms with Gasteiger partial charge < -0.3 is 4.74 Å². The van der Waals surface area contributed by atoms with Crippen LogP contribution in [0.25, 0.3) is 0 Å². The number of fused-ring (bicyclic) bond motifs is 1. The van der Waals surface area contributed by atoms with Crippen LogP contribution in [0, 0.1) is 0 Å². The number of ether oxygens (including phenoxy) is 1. The van der Waals surface area contributed by atoms with Crippen molar-refractivity contribution < 1.29 is 31.5 Å². The average molecular weight is 346 g/mol. The zero-order valence-corrected chi connectivity index (χ0v) is 12.3. The molecule has 0 saturated heterocycles. The molecule has 2 aromatic rings. The Morgan fingerprint density at radius 1 is 1.17 bits per heavy atom. The number of hydrogen-bond donors (Lipinski definition) is 0. The third-order valence-corrected chi connectivity index (χ3v) is 3.77. The number of Topliss-reactive ketones (excluding diaryl/α,β-unsaturated/α-hetero) is 1. The van der Waals surface area contributed by atoms with E-state index in [0.29, 0.717) is 16.0 Å². The van der Waals surface area contributed by atoms with Crippen molar-refractivity contribution in [3.63, 3.8) is 0 Å². The highest BCUT2D eigenvalue weighted by Gasteiger charge is 2.51. The highest BCUT2D eigenvalue weighted by Crippen LogP contribution is 2.43. The fourth-order valence-corrected chi connectivity index (χ4v) is 2.63. The molecule has 1 aromatic carbocycles. The van der Waals surface area contributed by atoms with Crippen molar-refractivity contribution in [1.82, 2.24) is 9.78 Å². The molecule has 4 nitrogen and oxygen atoms in total. The maximum absolute atomic E-state index is 14.0. The van der Waals surface area contributed by atoms with Crippen molar-refractivity contribution in [2.45, 2.75) is 25.1 Å². The third kappa shape index (κ3) is 2.53. The number of halogens is 5. The van der Waals surface area contributed by atoms with Crippen molar-refractivity contribution >= 4 is 5.78 Å². The number of carbonyl (C=O) groups excluding carboxylic acids is 1. The highest BCUT2D eigenvalue weighted by atomic mass is 19.4. The van der Waals surface area contributed by atoms with E-state index in [2.05, 4.69) is 5.10 Å². The van der Waals surface area contributed by atoms with Crippen LogP contribution in [0.15, 0.2) is 24.3 Å². The van der Waals surface area contributed by atoms with E-state index in [1.807, 2.05) is 0 Å². The molecule has 0 unspecified atom stereocenters. The summed E-state index contributed by atoms with van der Waals surface area (Å²) in [6, 6.07) is 6.24. The van der Waals surface area contributed by atoms with Crippen LogP contribution in [0.1, 0.15) is 33.5 Å². The SMILES string of the molecule is COc1ccc(Cn2nc(C(F)(F)F)c3c2[C@@H](F)[C@H](F)C3=O)cc1. The second-order valence-electron chi connectivity index (χ2n) is 5.28. The Labute approximate surface area is 132 Å². The molecule has 1 heterocycles. The van der Waals surface area contributed by atoms with Crippen LogP contribution in [0.4, 0.5) is 22.0 Å². The summed E-state index contributed by atoms with van der Waals surface area (Å²) >= 11 is 0. The molecule has 24 heavy (non-hydrogen) atoms. The van der Waals surface area contributed by atoms with Gasteiger partial charge in [-0.3, -0.25) is 9.48 Å². The Kier molecular flexibility index (Phi) is 3.81. The maximum atomic E-state index is 14.0. The quantitative estimate of drug-likeness (QED) is 0.799. The summed E-state index contributed by atoms with van der Waals surface area (Å²) in [7, 11) is 1.45. The van der Waals surface area contributed by atoms with Gasteiger partial charge in [0.05, 0.1) is 24.9 Å². The predicted octanol–water partition coefficient (Wildman–Crippen LogP) is 3.50. The molecular weight excluding hydrogens is 335 g/mol. The number of hydrogen-bond acceptors (Lipinski definition) is 3. The Balaban J connectivity index is 2.06. The van der Waals surface area contributed by atoms with Crippen LogP contribution in [-0.2, 0) is 12.7 Å². The van der Waals surface area contributed by atoms with Crippen molar-refractivity contribution in [2.75, 3.05) is 7.11 Å². The lowest BCUT2D eigenvalue weighted by Crippen LogP contribution is -2.19. The fourth-order valence-electron chi connectivity index (χ4n) is 2.63. The van der Waals surface area contributed by atoms with Gasteiger partial charge in [-0.1, -0.05) is 12.1 Å². The van der Waals surface area contributed by atoms with E-state index in [1.165, 1.54) is 7.11 Å². The van der Waals surface area contributed by atoms with Gasteiger partial charge in [-0.15, -0.1) is 0 Å². The van der Waals surface area contributed by atoms with E-state index in [1.54, 1.807) is 24.3 Å². The van der Waals surface area contributed by atoms with Crippen molar-refractivity contribution in [3.05, 3.63) is 46.8 Å². The van der Waals surface area contributed by atoms with Crippen LogP contribution in [0.5, 0.6) is 5.75 Å². The van der Waals surface area contributed by atoms with Gasteiger partial charge in [0.25, 0.3) is 0 Å². The first-order valence-corrected chi connectivity index (χ1v) is 6.87. The van der Waals surface area contributed by atoms with Crippen LogP contribution in [0.3, 0.4) is 0 Å². The van der Waals surface area contributed by atoms with E-state index in [4.69, 9.17) is 4.74 Å². The number of carbonyl (C=O) groups is 1. The minimum absolute atomic E-state index is 0.233. The molecule has 0 radical (unpaired) electrons. The highest BCUT2D eigenvalue weighted by molar-refractivity contribution is 6.05. The summed E-state index contributed by atoms with van der Waals surface area (Å²) in [5, 5.41) is 3.31. The molecule has 0 N–H and O–H groups in total. The first-order chi connectivity index (χ1) is 11.2. The molecule has 1 aliphatic carbocycles. The molecule has 0 fully saturated rings. The van der Waals surface area contributed by atoms with Gasteiger partial charge in [-0.05, 0) is 17.7 Å². The van der Waals surface area contributed by atoms with Crippen LogP contribution < -0.4 is 4.74 Å². The Morgan fingerprint density at radius 2 is 1.79 bits per heavy atom. The van der Waals surface area contributed by atoms with E-state index in [0.717, 1.165) is 0 Å². The first kappa shape index (κ1) is 16.4. The van der Waals surface area contributed by atoms with Gasteiger partial charge in [0.15, 0.2) is 18.0 Å². The largest absolute Gasteiger partial charge is 0.497 e. The van der Waals surface area contributed by atoms with E-state index >= 15 is 0 Å². The standard InChI is InChI=1S/C15H11F5N2O2/c1-24-8-4-2-7(3-5-8)6-22-12-9(13(23)11(17)10(12)16)14(21-22)15(18,19)20/h2-5,10-11H,6H2,1H3/t10-,11-/m0/s1. The van der Waals surface area contributed by atoms with Gasteiger partial charge in [0.2, 0.25) is 5.78 Å². The molecule has 128 valence electrons. The fraction of sp³-hybridized carbons (Fsp3) is 0.333. The summed E-state index contributed by atoms with van der Waals surface area (Å²) in [4.78, 5) is 11.6. The smallest absolute Gasteiger partial charge is 0.435 e. The van der Waals surface area contributed by atoms with Crippen molar-refractivity contribution in [2.24, 2.45) is 0 Å². The lowest BCUT2D eigenvalue weighted by Gasteiger charge is -2.10. The summed E-state index contributed by atoms with van der Waals surface area (Å²) in [6.45, 7) is -0.233. The van der Waals surface area contributed by atoms with Crippen molar-refractivity contribution in [3.8, 4) is 5.75 Å². The lowest BCUT2D eigenvalue weighted by molar-refractivity contribution is -0.141. The van der Waals surface area contributed by atoms with Crippen LogP contribution in [-0.4, -0.2) is 28.8 Å². The molecule has 3 rings (SSSR count). The average Bonchev–Trinajstić information content (AvgIpc) is 3.01. The predicted molar refractivity (Wildman–Crippen MR) is 72.4 cm³/mol. The van der Waals surface area contributed by atoms with Gasteiger partial charge >= 0.3 is 6.18 Å². The van der Waals surface area contributed by atoms with Crippen LogP contribution in [0.2, 0.25) is 0 Å². The Hall–Kier alpha value is -2.45. The maximum Gasteiger partial charge on any atom is 0.435 e. The molecule has 0 amide bonds. The molecule has 9 heteroatoms. The summed E-state index contributed by atoms with van der Waals surface area (Å²) in [5.41, 5.74) is -2.75. The summed E-state index contributed by atoms with van der Waals surface area (Å²) < 4.78 is 72.3. The number of ketones is 1. The molecule has 0 spiro atoms. The third-order valence-electron chi connectivity index (χ3n) is 3.77. The zero-order valence-electron chi connectivity index (χ0n) is 12.3. The number of alkyl halides is 5. The minimum Gasteiger partial charge on any atom is -0.497 e. The number of methoxy groups -OCH3 is 1. The molecule has 1 aromatic heterocycles. The van der Waals surface area contributed by atoms with Gasteiger partial charge in [0, 0.05) is 0 Å². The molecule has 2 atom stereocenters. The number of nitrogens with zero attached hydrogens (tertiary/aromatic N) is 2. The number of aromatic nitrogens is 2. The molecule has 0 aliphatic heterocycles. The van der Waals surface area contributed by atoms with Gasteiger partial charge in [-0.2, -0.15) is 18.3 Å². The second-order valence-corrected chi connectivity index (χ2v) is 5.28. The van der Waals surface area contributed by atoms with Gasteiger partial charge in [0.1, 0.15) is 5.75 Å². The topological polar surface area (TPSA) is 44.1 Å². The second kappa shape index (κ2) is 5.57. The number of rotatable bonds is 3. The normalized spacial score (nSPS) is 20.3. The number of benzene rings is 1. The lowest BCUT2D eigenvalue weighted by atomic mass is 10.1. The summed E-state index contributed by atoms with van der Waals surface area (Å²) in [6.07, 6.45) is -10.1. The van der Waals surface area contributed by atoms with Crippen LogP contribution >= 0.6 is 0 Å². The Morgan fingerprint density at radius 3 is 2.33 bits per heavy atom. The molecule has 0 bridgehead atoms. The Bertz CT molecular complexity index is 782. The van der Waals surface area contributed by atoms with Crippen molar-refractivity contribution in [1.29, 1.82) is 0 Å². The zero-order chi connectivity index (χ0) is 17.6. The first-order valence-electron chi connectivity index (χ1n) is 6.87. The molecular formula is C15H11F5N2O2. The minimum atomic E-state index is -4.98. The van der Waals surface area contributed by atoms with E-state index < -0.39 is 41.3 Å². The summed E-state index contributed by atoms with van der Waals surface area (Å²) in [5.74, 6) is -0.992.